The van der Waals surface area contributed by atoms with Gasteiger partial charge in [0.25, 0.3) is 0 Å². The molecular formula is C28H42O2. The first-order valence-corrected chi connectivity index (χ1v) is 11.1. The van der Waals surface area contributed by atoms with Gasteiger partial charge >= 0.3 is 0 Å². The molecule has 2 aromatic rings. The maximum absolute atomic E-state index is 6.33. The van der Waals surface area contributed by atoms with Crippen LogP contribution in [0, 0.1) is 10.8 Å². The molecule has 2 heteroatoms. The highest BCUT2D eigenvalue weighted by Gasteiger charge is 2.45. The Balaban J connectivity index is 2.33. The molecule has 0 aromatic heterocycles. The van der Waals surface area contributed by atoms with Crippen LogP contribution >= 0.6 is 0 Å². The third-order valence-electron chi connectivity index (χ3n) is 5.86. The van der Waals surface area contributed by atoms with E-state index in [4.69, 9.17) is 9.78 Å². The minimum Gasteiger partial charge on any atom is -0.229 e. The van der Waals surface area contributed by atoms with E-state index >= 15 is 0 Å². The second kappa shape index (κ2) is 8.85. The molecule has 0 heterocycles. The molecule has 2 atom stereocenters. The second-order valence-corrected chi connectivity index (χ2v) is 11.8. The fraction of sp³-hybridized carbons (Fsp3) is 0.571. The Bertz CT molecular complexity index is 707. The third-order valence-corrected chi connectivity index (χ3v) is 5.86. The minimum atomic E-state index is -0.504. The number of rotatable bonds is 7. The highest BCUT2D eigenvalue weighted by molar-refractivity contribution is 5.26. The standard InChI is InChI=1S/C28H42O2/c1-25(2,3)23(21-17-13-11-14-18-21)27(7,8)29-30-28(9,10)24(26(4,5)6)22-19-15-12-16-20-22/h11-20,23-24H,1-10H3. The van der Waals surface area contributed by atoms with Crippen LogP contribution in [0.4, 0.5) is 0 Å². The average Bonchev–Trinajstić information content (AvgIpc) is 2.59. The Morgan fingerprint density at radius 1 is 0.467 bits per heavy atom. The van der Waals surface area contributed by atoms with Gasteiger partial charge in [0.05, 0.1) is 0 Å². The minimum absolute atomic E-state index is 0.0151. The van der Waals surface area contributed by atoms with Crippen molar-refractivity contribution in [2.24, 2.45) is 10.8 Å². The molecular weight excluding hydrogens is 368 g/mol. The van der Waals surface area contributed by atoms with Crippen LogP contribution < -0.4 is 0 Å². The van der Waals surface area contributed by atoms with E-state index < -0.39 is 11.2 Å². The lowest BCUT2D eigenvalue weighted by atomic mass is 9.68. The Kier molecular flexibility index (Phi) is 7.26. The van der Waals surface area contributed by atoms with Gasteiger partial charge in [0.15, 0.2) is 0 Å². The van der Waals surface area contributed by atoms with Gasteiger partial charge in [-0.2, -0.15) is 0 Å². The Hall–Kier alpha value is -1.64. The molecule has 2 aromatic carbocycles. The molecule has 2 unspecified atom stereocenters. The smallest absolute Gasteiger partial charge is 0.105 e. The van der Waals surface area contributed by atoms with Gasteiger partial charge in [-0.05, 0) is 49.7 Å². The van der Waals surface area contributed by atoms with Gasteiger partial charge < -0.3 is 0 Å². The van der Waals surface area contributed by atoms with Gasteiger partial charge in [-0.25, -0.2) is 9.78 Å². The van der Waals surface area contributed by atoms with E-state index in [1.165, 1.54) is 11.1 Å². The van der Waals surface area contributed by atoms with Crippen LogP contribution in [-0.2, 0) is 9.78 Å². The van der Waals surface area contributed by atoms with Crippen molar-refractivity contribution >= 4 is 0 Å². The van der Waals surface area contributed by atoms with Gasteiger partial charge in [0.2, 0.25) is 0 Å². The zero-order valence-corrected chi connectivity index (χ0v) is 20.7. The van der Waals surface area contributed by atoms with Crippen molar-refractivity contribution in [3.63, 3.8) is 0 Å². The normalized spacial score (nSPS) is 15.7. The highest BCUT2D eigenvalue weighted by atomic mass is 17.2. The molecule has 0 bridgehead atoms. The van der Waals surface area contributed by atoms with Crippen molar-refractivity contribution in [2.75, 3.05) is 0 Å². The molecule has 166 valence electrons. The van der Waals surface area contributed by atoms with Crippen LogP contribution in [0.3, 0.4) is 0 Å². The first kappa shape index (κ1) is 24.6. The Morgan fingerprint density at radius 3 is 0.967 bits per heavy atom. The summed E-state index contributed by atoms with van der Waals surface area (Å²) in [4.78, 5) is 12.7. The predicted molar refractivity (Wildman–Crippen MR) is 128 cm³/mol. The molecule has 0 radical (unpaired) electrons. The first-order valence-electron chi connectivity index (χ1n) is 11.1. The maximum atomic E-state index is 6.33. The predicted octanol–water partition coefficient (Wildman–Crippen LogP) is 8.15. The van der Waals surface area contributed by atoms with E-state index in [1.807, 2.05) is 0 Å². The summed E-state index contributed by atoms with van der Waals surface area (Å²) in [6.07, 6.45) is 0. The van der Waals surface area contributed by atoms with Gasteiger partial charge in [0.1, 0.15) is 11.2 Å². The van der Waals surface area contributed by atoms with Crippen LogP contribution in [-0.4, -0.2) is 11.2 Å². The molecule has 0 amide bonds. The number of hydrogen-bond acceptors (Lipinski definition) is 2. The van der Waals surface area contributed by atoms with E-state index in [0.717, 1.165) is 0 Å². The van der Waals surface area contributed by atoms with E-state index in [-0.39, 0.29) is 22.7 Å². The topological polar surface area (TPSA) is 18.5 Å². The largest absolute Gasteiger partial charge is 0.229 e. The molecule has 0 saturated carbocycles. The summed E-state index contributed by atoms with van der Waals surface area (Å²) in [6, 6.07) is 21.3. The van der Waals surface area contributed by atoms with E-state index in [0.29, 0.717) is 0 Å². The van der Waals surface area contributed by atoms with Gasteiger partial charge in [-0.3, -0.25) is 0 Å². The lowest BCUT2D eigenvalue weighted by Crippen LogP contribution is -2.46. The van der Waals surface area contributed by atoms with E-state index in [9.17, 15) is 0 Å². The summed E-state index contributed by atoms with van der Waals surface area (Å²) < 4.78 is 0. The first-order chi connectivity index (χ1) is 13.7. The fourth-order valence-corrected chi connectivity index (χ4v) is 5.49. The summed E-state index contributed by atoms with van der Waals surface area (Å²) in [5.74, 6) is 0.346. The van der Waals surface area contributed by atoms with Crippen LogP contribution in [0.15, 0.2) is 60.7 Å². The van der Waals surface area contributed by atoms with Gasteiger partial charge in [-0.15, -0.1) is 0 Å². The maximum Gasteiger partial charge on any atom is 0.105 e. The Labute approximate surface area is 184 Å². The molecule has 0 fully saturated rings. The summed E-state index contributed by atoms with van der Waals surface area (Å²) in [6.45, 7) is 22.2. The third kappa shape index (κ3) is 5.95. The van der Waals surface area contributed by atoms with E-state index in [1.54, 1.807) is 0 Å². The number of benzene rings is 2. The van der Waals surface area contributed by atoms with E-state index in [2.05, 4.69) is 130 Å². The molecule has 0 spiro atoms. The van der Waals surface area contributed by atoms with Crippen LogP contribution in [0.5, 0.6) is 0 Å². The van der Waals surface area contributed by atoms with Gasteiger partial charge in [-0.1, -0.05) is 102 Å². The van der Waals surface area contributed by atoms with Crippen molar-refractivity contribution in [1.29, 1.82) is 0 Å². The summed E-state index contributed by atoms with van der Waals surface area (Å²) >= 11 is 0. The van der Waals surface area contributed by atoms with Crippen molar-refractivity contribution in [1.82, 2.24) is 0 Å². The van der Waals surface area contributed by atoms with Crippen molar-refractivity contribution in [3.05, 3.63) is 71.8 Å². The summed E-state index contributed by atoms with van der Waals surface area (Å²) in [5.41, 5.74) is 1.56. The SMILES string of the molecule is CC(C)(C)C(c1ccccc1)C(C)(C)OOC(C)(C)C(c1ccccc1)C(C)(C)C. The Morgan fingerprint density at radius 2 is 0.733 bits per heavy atom. The van der Waals surface area contributed by atoms with Crippen molar-refractivity contribution in [2.45, 2.75) is 92.3 Å². The monoisotopic (exact) mass is 410 g/mol. The molecule has 0 saturated heterocycles. The molecule has 0 N–H and O–H groups in total. The van der Waals surface area contributed by atoms with Gasteiger partial charge in [0, 0.05) is 11.8 Å². The summed E-state index contributed by atoms with van der Waals surface area (Å²) in [7, 11) is 0. The molecule has 2 nitrogen and oxygen atoms in total. The fourth-order valence-electron chi connectivity index (χ4n) is 5.49. The molecule has 2 rings (SSSR count). The zero-order chi connectivity index (χ0) is 22.8. The average molecular weight is 411 g/mol. The highest BCUT2D eigenvalue weighted by Crippen LogP contribution is 2.48. The zero-order valence-electron chi connectivity index (χ0n) is 20.7. The van der Waals surface area contributed by atoms with Crippen molar-refractivity contribution < 1.29 is 9.78 Å². The molecule has 0 aliphatic heterocycles. The second-order valence-electron chi connectivity index (χ2n) is 11.8. The lowest BCUT2D eigenvalue weighted by molar-refractivity contribution is -0.414. The quantitative estimate of drug-likeness (QED) is 0.338. The van der Waals surface area contributed by atoms with Crippen LogP contribution in [0.1, 0.15) is 92.2 Å². The number of hydrogen-bond donors (Lipinski definition) is 0. The lowest BCUT2D eigenvalue weighted by Gasteiger charge is -2.46. The molecule has 0 aliphatic carbocycles. The van der Waals surface area contributed by atoms with Crippen molar-refractivity contribution in [3.8, 4) is 0 Å². The summed E-state index contributed by atoms with van der Waals surface area (Å²) in [5, 5.41) is 0. The van der Waals surface area contributed by atoms with Crippen LogP contribution in [0.2, 0.25) is 0 Å². The molecule has 0 aliphatic rings. The van der Waals surface area contributed by atoms with Crippen LogP contribution in [0.25, 0.3) is 0 Å². The molecule has 30 heavy (non-hydrogen) atoms.